The summed E-state index contributed by atoms with van der Waals surface area (Å²) in [7, 11) is 0. The van der Waals surface area contributed by atoms with Gasteiger partial charge in [-0.1, -0.05) is 13.0 Å². The highest BCUT2D eigenvalue weighted by atomic mass is 15.2. The van der Waals surface area contributed by atoms with E-state index in [0.29, 0.717) is 0 Å². The molecule has 1 aliphatic rings. The first-order valence-corrected chi connectivity index (χ1v) is 6.78. The molecule has 0 bridgehead atoms. The van der Waals surface area contributed by atoms with Gasteiger partial charge in [-0.25, -0.2) is 4.98 Å². The fraction of sp³-hybridized carbons (Fsp3) is 0.643. The summed E-state index contributed by atoms with van der Waals surface area (Å²) in [6.07, 6.45) is 3.82. The van der Waals surface area contributed by atoms with Crippen LogP contribution in [0.2, 0.25) is 0 Å². The van der Waals surface area contributed by atoms with Crippen molar-refractivity contribution in [3.8, 4) is 0 Å². The van der Waals surface area contributed by atoms with Gasteiger partial charge >= 0.3 is 0 Å². The third kappa shape index (κ3) is 3.43. The van der Waals surface area contributed by atoms with Crippen molar-refractivity contribution in [3.63, 3.8) is 0 Å². The van der Waals surface area contributed by atoms with E-state index in [1.807, 2.05) is 0 Å². The molecule has 0 radical (unpaired) electrons. The Bertz CT molecular complexity index is 347. The fourth-order valence-electron chi connectivity index (χ4n) is 2.11. The van der Waals surface area contributed by atoms with Crippen LogP contribution in [0.4, 0.5) is 5.82 Å². The Morgan fingerprint density at radius 3 is 2.82 bits per heavy atom. The molecule has 1 aromatic heterocycles. The maximum Gasteiger partial charge on any atom is 0.129 e. The molecule has 1 aliphatic carbocycles. The van der Waals surface area contributed by atoms with E-state index < -0.39 is 0 Å². The Hall–Kier alpha value is -1.09. The van der Waals surface area contributed by atoms with Gasteiger partial charge in [0, 0.05) is 19.1 Å². The van der Waals surface area contributed by atoms with E-state index in [1.54, 1.807) is 0 Å². The van der Waals surface area contributed by atoms with Crippen molar-refractivity contribution in [2.24, 2.45) is 0 Å². The Labute approximate surface area is 104 Å². The number of anilines is 1. The summed E-state index contributed by atoms with van der Waals surface area (Å²) in [5.41, 5.74) is 1.15. The van der Waals surface area contributed by atoms with E-state index >= 15 is 0 Å². The third-order valence-electron chi connectivity index (χ3n) is 3.15. The van der Waals surface area contributed by atoms with Crippen molar-refractivity contribution in [3.05, 3.63) is 23.9 Å². The lowest BCUT2D eigenvalue weighted by atomic mass is 10.3. The molecule has 0 atom stereocenters. The van der Waals surface area contributed by atoms with E-state index in [0.717, 1.165) is 37.2 Å². The summed E-state index contributed by atoms with van der Waals surface area (Å²) in [4.78, 5) is 7.16. The Kier molecular flexibility index (Phi) is 4.37. The summed E-state index contributed by atoms with van der Waals surface area (Å²) in [6.45, 7) is 7.39. The van der Waals surface area contributed by atoms with Gasteiger partial charge in [0.05, 0.1) is 5.69 Å². The second-order valence-electron chi connectivity index (χ2n) is 4.68. The zero-order valence-electron chi connectivity index (χ0n) is 10.9. The summed E-state index contributed by atoms with van der Waals surface area (Å²) < 4.78 is 0. The van der Waals surface area contributed by atoms with Crippen molar-refractivity contribution in [1.82, 2.24) is 10.3 Å². The van der Waals surface area contributed by atoms with Gasteiger partial charge < -0.3 is 10.2 Å². The molecule has 17 heavy (non-hydrogen) atoms. The molecular weight excluding hydrogens is 210 g/mol. The van der Waals surface area contributed by atoms with Crippen molar-refractivity contribution in [2.75, 3.05) is 18.0 Å². The molecule has 3 nitrogen and oxygen atoms in total. The second kappa shape index (κ2) is 6.01. The van der Waals surface area contributed by atoms with Gasteiger partial charge in [-0.15, -0.1) is 0 Å². The van der Waals surface area contributed by atoms with Gasteiger partial charge in [-0.05, 0) is 44.9 Å². The lowest BCUT2D eigenvalue weighted by Gasteiger charge is -2.22. The van der Waals surface area contributed by atoms with Crippen LogP contribution in [0.3, 0.4) is 0 Å². The topological polar surface area (TPSA) is 28.2 Å². The zero-order chi connectivity index (χ0) is 12.1. The largest absolute Gasteiger partial charge is 0.354 e. The number of rotatable bonds is 7. The van der Waals surface area contributed by atoms with Crippen LogP contribution < -0.4 is 10.2 Å². The number of nitrogens with zero attached hydrogens (tertiary/aromatic N) is 2. The minimum atomic E-state index is 0.742. The lowest BCUT2D eigenvalue weighted by molar-refractivity contribution is 0.662. The highest BCUT2D eigenvalue weighted by molar-refractivity contribution is 5.42. The highest BCUT2D eigenvalue weighted by Gasteiger charge is 2.28. The molecule has 0 aromatic carbocycles. The average Bonchev–Trinajstić information content (AvgIpc) is 3.16. The highest BCUT2D eigenvalue weighted by Crippen LogP contribution is 2.30. The van der Waals surface area contributed by atoms with Crippen molar-refractivity contribution >= 4 is 5.82 Å². The van der Waals surface area contributed by atoms with Crippen molar-refractivity contribution < 1.29 is 0 Å². The van der Waals surface area contributed by atoms with Crippen LogP contribution >= 0.6 is 0 Å². The Balaban J connectivity index is 1.99. The van der Waals surface area contributed by atoms with Gasteiger partial charge in [-0.2, -0.15) is 0 Å². The summed E-state index contributed by atoms with van der Waals surface area (Å²) in [5, 5.41) is 3.40. The minimum absolute atomic E-state index is 0.742. The smallest absolute Gasteiger partial charge is 0.129 e. The number of pyridine rings is 1. The van der Waals surface area contributed by atoms with Crippen LogP contribution in [0, 0.1) is 0 Å². The molecule has 0 amide bonds. The minimum Gasteiger partial charge on any atom is -0.354 e. The van der Waals surface area contributed by atoms with Gasteiger partial charge in [0.2, 0.25) is 0 Å². The van der Waals surface area contributed by atoms with Gasteiger partial charge in [-0.3, -0.25) is 0 Å². The van der Waals surface area contributed by atoms with E-state index in [9.17, 15) is 0 Å². The monoisotopic (exact) mass is 233 g/mol. The van der Waals surface area contributed by atoms with Crippen LogP contribution in [-0.2, 0) is 6.54 Å². The molecule has 3 heteroatoms. The number of hydrogen-bond donors (Lipinski definition) is 1. The van der Waals surface area contributed by atoms with E-state index in [4.69, 9.17) is 4.98 Å². The molecule has 0 aliphatic heterocycles. The molecule has 1 fully saturated rings. The van der Waals surface area contributed by atoms with Crippen LogP contribution in [0.25, 0.3) is 0 Å². The molecule has 1 N–H and O–H groups in total. The molecule has 1 aromatic rings. The van der Waals surface area contributed by atoms with Crippen LogP contribution in [-0.4, -0.2) is 24.1 Å². The van der Waals surface area contributed by atoms with Gasteiger partial charge in [0.25, 0.3) is 0 Å². The molecule has 94 valence electrons. The van der Waals surface area contributed by atoms with Gasteiger partial charge in [0.15, 0.2) is 0 Å². The molecular formula is C14H23N3. The molecule has 2 rings (SSSR count). The number of aromatic nitrogens is 1. The van der Waals surface area contributed by atoms with Crippen molar-refractivity contribution in [1.29, 1.82) is 0 Å². The van der Waals surface area contributed by atoms with Crippen LogP contribution in [0.5, 0.6) is 0 Å². The molecule has 0 saturated heterocycles. The van der Waals surface area contributed by atoms with E-state index in [-0.39, 0.29) is 0 Å². The normalized spacial score (nSPS) is 14.9. The van der Waals surface area contributed by atoms with Crippen LogP contribution in [0.15, 0.2) is 18.2 Å². The van der Waals surface area contributed by atoms with E-state index in [1.165, 1.54) is 19.3 Å². The zero-order valence-corrected chi connectivity index (χ0v) is 10.9. The lowest BCUT2D eigenvalue weighted by Crippen LogP contribution is -2.26. The first-order valence-electron chi connectivity index (χ1n) is 6.78. The SMILES string of the molecule is CCCNCc1cccc(N(CC)C2CC2)n1. The third-order valence-corrected chi connectivity index (χ3v) is 3.15. The van der Waals surface area contributed by atoms with Gasteiger partial charge in [0.1, 0.15) is 5.82 Å². The average molecular weight is 233 g/mol. The summed E-state index contributed by atoms with van der Waals surface area (Å²) in [5.74, 6) is 1.14. The maximum absolute atomic E-state index is 4.74. The fourth-order valence-corrected chi connectivity index (χ4v) is 2.11. The first kappa shape index (κ1) is 12.4. The summed E-state index contributed by atoms with van der Waals surface area (Å²) >= 11 is 0. The van der Waals surface area contributed by atoms with Crippen molar-refractivity contribution in [2.45, 2.75) is 45.7 Å². The number of hydrogen-bond acceptors (Lipinski definition) is 3. The maximum atomic E-state index is 4.74. The first-order chi connectivity index (χ1) is 8.35. The molecule has 1 heterocycles. The van der Waals surface area contributed by atoms with E-state index in [2.05, 4.69) is 42.3 Å². The molecule has 0 unspecified atom stereocenters. The molecule has 1 saturated carbocycles. The van der Waals surface area contributed by atoms with Crippen LogP contribution in [0.1, 0.15) is 38.8 Å². The Morgan fingerprint density at radius 1 is 1.35 bits per heavy atom. The molecule has 0 spiro atoms. The quantitative estimate of drug-likeness (QED) is 0.734. The summed E-state index contributed by atoms with van der Waals surface area (Å²) in [6, 6.07) is 7.10. The second-order valence-corrected chi connectivity index (χ2v) is 4.68. The predicted molar refractivity (Wildman–Crippen MR) is 72.3 cm³/mol. The Morgan fingerprint density at radius 2 is 2.18 bits per heavy atom. The number of nitrogens with one attached hydrogen (secondary N) is 1. The predicted octanol–water partition coefficient (Wildman–Crippen LogP) is 2.57. The standard InChI is InChI=1S/C14H23N3/c1-3-10-15-11-12-6-5-7-14(16-12)17(4-2)13-8-9-13/h5-7,13,15H,3-4,8-11H2,1-2H3.